The zero-order valence-corrected chi connectivity index (χ0v) is 11.2. The molecule has 2 N–H and O–H groups in total. The van der Waals surface area contributed by atoms with Crippen molar-refractivity contribution in [2.24, 2.45) is 0 Å². The number of ether oxygens (including phenoxy) is 1. The van der Waals surface area contributed by atoms with Gasteiger partial charge in [-0.2, -0.15) is 0 Å². The predicted octanol–water partition coefficient (Wildman–Crippen LogP) is 3.00. The number of benzene rings is 1. The van der Waals surface area contributed by atoms with Gasteiger partial charge in [-0.25, -0.2) is 0 Å². The maximum atomic E-state index is 9.93. The highest BCUT2D eigenvalue weighted by atomic mass is 16.5. The summed E-state index contributed by atoms with van der Waals surface area (Å²) in [7, 11) is 0. The van der Waals surface area contributed by atoms with Gasteiger partial charge in [-0.3, -0.25) is 0 Å². The summed E-state index contributed by atoms with van der Waals surface area (Å²) >= 11 is 0. The first kappa shape index (κ1) is 13.4. The monoisotopic (exact) mass is 249 g/mol. The van der Waals surface area contributed by atoms with Crippen LogP contribution in [0, 0.1) is 0 Å². The number of hydrogen-bond donors (Lipinski definition) is 2. The van der Waals surface area contributed by atoms with Crippen LogP contribution >= 0.6 is 0 Å². The van der Waals surface area contributed by atoms with Crippen molar-refractivity contribution in [3.63, 3.8) is 0 Å². The number of phenolic OH excluding ortho intramolecular Hbond substituents is 1. The van der Waals surface area contributed by atoms with Gasteiger partial charge >= 0.3 is 0 Å². The van der Waals surface area contributed by atoms with E-state index in [1.54, 1.807) is 6.07 Å². The van der Waals surface area contributed by atoms with Crippen LogP contribution in [-0.4, -0.2) is 23.9 Å². The molecule has 0 aromatic heterocycles. The topological polar surface area (TPSA) is 41.5 Å². The lowest BCUT2D eigenvalue weighted by Crippen LogP contribution is -2.39. The van der Waals surface area contributed by atoms with Gasteiger partial charge in [-0.1, -0.05) is 25.1 Å². The Balaban J connectivity index is 2.03. The quantitative estimate of drug-likeness (QED) is 0.862. The zero-order valence-electron chi connectivity index (χ0n) is 11.2. The lowest BCUT2D eigenvalue weighted by molar-refractivity contribution is 0.0110. The average Bonchev–Trinajstić information content (AvgIpc) is 2.37. The van der Waals surface area contributed by atoms with E-state index >= 15 is 0 Å². The standard InChI is InChI=1S/C15H23NO2/c1-3-14(13-6-4-5-7-15(13)17)16-12-8-9-18-11(2)10-12/h4-7,11-12,14,16-17H,3,8-10H2,1-2H3. The van der Waals surface area contributed by atoms with E-state index in [0.717, 1.165) is 31.4 Å². The molecule has 1 aromatic carbocycles. The molecule has 1 heterocycles. The van der Waals surface area contributed by atoms with Crippen LogP contribution in [0.3, 0.4) is 0 Å². The average molecular weight is 249 g/mol. The highest BCUT2D eigenvalue weighted by Crippen LogP contribution is 2.27. The Kier molecular flexibility index (Phi) is 4.61. The van der Waals surface area contributed by atoms with E-state index in [1.807, 2.05) is 18.2 Å². The van der Waals surface area contributed by atoms with Gasteiger partial charge in [0, 0.05) is 24.3 Å². The van der Waals surface area contributed by atoms with Gasteiger partial charge < -0.3 is 15.2 Å². The van der Waals surface area contributed by atoms with E-state index in [9.17, 15) is 5.11 Å². The van der Waals surface area contributed by atoms with Gasteiger partial charge in [-0.15, -0.1) is 0 Å². The van der Waals surface area contributed by atoms with E-state index in [0.29, 0.717) is 17.9 Å². The van der Waals surface area contributed by atoms with Crippen LogP contribution in [0.25, 0.3) is 0 Å². The molecule has 0 spiro atoms. The Hall–Kier alpha value is -1.06. The fourth-order valence-corrected chi connectivity index (χ4v) is 2.64. The maximum absolute atomic E-state index is 9.93. The maximum Gasteiger partial charge on any atom is 0.120 e. The molecule has 2 rings (SSSR count). The molecule has 0 amide bonds. The van der Waals surface area contributed by atoms with E-state index in [1.165, 1.54) is 0 Å². The Morgan fingerprint density at radius 3 is 2.89 bits per heavy atom. The summed E-state index contributed by atoms with van der Waals surface area (Å²) < 4.78 is 5.56. The first-order chi connectivity index (χ1) is 8.70. The first-order valence-electron chi connectivity index (χ1n) is 6.86. The molecule has 1 aliphatic heterocycles. The zero-order chi connectivity index (χ0) is 13.0. The third-order valence-electron chi connectivity index (χ3n) is 3.64. The van der Waals surface area contributed by atoms with Crippen LogP contribution in [0.4, 0.5) is 0 Å². The van der Waals surface area contributed by atoms with Crippen molar-refractivity contribution in [1.29, 1.82) is 0 Å². The number of rotatable bonds is 4. The van der Waals surface area contributed by atoms with Crippen LogP contribution in [-0.2, 0) is 4.74 Å². The fraction of sp³-hybridized carbons (Fsp3) is 0.600. The normalized spacial score (nSPS) is 25.9. The first-order valence-corrected chi connectivity index (χ1v) is 6.86. The van der Waals surface area contributed by atoms with E-state index in [2.05, 4.69) is 19.2 Å². The summed E-state index contributed by atoms with van der Waals surface area (Å²) in [6.45, 7) is 5.09. The lowest BCUT2D eigenvalue weighted by atomic mass is 9.98. The molecule has 1 aliphatic rings. The molecular formula is C15H23NO2. The summed E-state index contributed by atoms with van der Waals surface area (Å²) in [5.41, 5.74) is 0.999. The summed E-state index contributed by atoms with van der Waals surface area (Å²) in [5.74, 6) is 0.386. The van der Waals surface area contributed by atoms with Crippen molar-refractivity contribution in [1.82, 2.24) is 5.32 Å². The van der Waals surface area contributed by atoms with E-state index < -0.39 is 0 Å². The molecule has 3 unspecified atom stereocenters. The number of para-hydroxylation sites is 1. The van der Waals surface area contributed by atoms with Crippen LogP contribution in [0.2, 0.25) is 0 Å². The highest BCUT2D eigenvalue weighted by Gasteiger charge is 2.23. The minimum absolute atomic E-state index is 0.224. The van der Waals surface area contributed by atoms with Gasteiger partial charge in [0.2, 0.25) is 0 Å². The van der Waals surface area contributed by atoms with Crippen LogP contribution in [0.5, 0.6) is 5.75 Å². The Morgan fingerprint density at radius 1 is 1.44 bits per heavy atom. The molecule has 1 saturated heterocycles. The number of aromatic hydroxyl groups is 1. The van der Waals surface area contributed by atoms with Crippen molar-refractivity contribution in [2.75, 3.05) is 6.61 Å². The van der Waals surface area contributed by atoms with Gasteiger partial charge in [-0.05, 0) is 32.3 Å². The second kappa shape index (κ2) is 6.21. The lowest BCUT2D eigenvalue weighted by Gasteiger charge is -2.31. The molecule has 1 fully saturated rings. The highest BCUT2D eigenvalue weighted by molar-refractivity contribution is 5.34. The molecule has 100 valence electrons. The molecule has 3 atom stereocenters. The minimum atomic E-state index is 0.224. The third kappa shape index (κ3) is 3.24. The fourth-order valence-electron chi connectivity index (χ4n) is 2.64. The van der Waals surface area contributed by atoms with Crippen molar-refractivity contribution in [2.45, 2.75) is 51.3 Å². The smallest absolute Gasteiger partial charge is 0.120 e. The van der Waals surface area contributed by atoms with Gasteiger partial charge in [0.05, 0.1) is 6.10 Å². The van der Waals surface area contributed by atoms with Gasteiger partial charge in [0.1, 0.15) is 5.75 Å². The van der Waals surface area contributed by atoms with Crippen molar-refractivity contribution in [3.05, 3.63) is 29.8 Å². The molecule has 0 aliphatic carbocycles. The Bertz CT molecular complexity index is 381. The minimum Gasteiger partial charge on any atom is -0.508 e. The summed E-state index contributed by atoms with van der Waals surface area (Å²) in [6.07, 6.45) is 3.40. The molecule has 3 heteroatoms. The number of phenols is 1. The van der Waals surface area contributed by atoms with Crippen molar-refractivity contribution in [3.8, 4) is 5.75 Å². The SMILES string of the molecule is CCC(NC1CCOC(C)C1)c1ccccc1O. The Labute approximate surface area is 109 Å². The number of nitrogens with one attached hydrogen (secondary N) is 1. The Morgan fingerprint density at radius 2 is 2.22 bits per heavy atom. The van der Waals surface area contributed by atoms with Crippen LogP contribution < -0.4 is 5.32 Å². The van der Waals surface area contributed by atoms with E-state index in [-0.39, 0.29) is 6.04 Å². The largest absolute Gasteiger partial charge is 0.508 e. The molecular weight excluding hydrogens is 226 g/mol. The summed E-state index contributed by atoms with van der Waals surface area (Å²) in [5, 5.41) is 13.6. The second-order valence-corrected chi connectivity index (χ2v) is 5.09. The second-order valence-electron chi connectivity index (χ2n) is 5.09. The molecule has 0 radical (unpaired) electrons. The summed E-state index contributed by atoms with van der Waals surface area (Å²) in [6, 6.07) is 8.30. The van der Waals surface area contributed by atoms with Crippen LogP contribution in [0.15, 0.2) is 24.3 Å². The van der Waals surface area contributed by atoms with Gasteiger partial charge in [0.15, 0.2) is 0 Å². The molecule has 3 nitrogen and oxygen atoms in total. The number of hydrogen-bond acceptors (Lipinski definition) is 3. The molecule has 0 saturated carbocycles. The predicted molar refractivity (Wildman–Crippen MR) is 72.7 cm³/mol. The van der Waals surface area contributed by atoms with Crippen LogP contribution in [0.1, 0.15) is 44.7 Å². The van der Waals surface area contributed by atoms with E-state index in [4.69, 9.17) is 4.74 Å². The summed E-state index contributed by atoms with van der Waals surface area (Å²) in [4.78, 5) is 0. The molecule has 18 heavy (non-hydrogen) atoms. The third-order valence-corrected chi connectivity index (χ3v) is 3.64. The molecule has 0 bridgehead atoms. The van der Waals surface area contributed by atoms with Crippen molar-refractivity contribution >= 4 is 0 Å². The van der Waals surface area contributed by atoms with Crippen molar-refractivity contribution < 1.29 is 9.84 Å². The van der Waals surface area contributed by atoms with Gasteiger partial charge in [0.25, 0.3) is 0 Å². The molecule has 1 aromatic rings.